The Balaban J connectivity index is 2.79. The van der Waals surface area contributed by atoms with Crippen molar-refractivity contribution in [2.24, 2.45) is 0 Å². The van der Waals surface area contributed by atoms with E-state index < -0.39 is 11.6 Å². The number of carbonyl (C=O) groups is 2. The highest BCUT2D eigenvalue weighted by atomic mass is 35.5. The number of ketones is 2. The molecule has 0 bridgehead atoms. The summed E-state index contributed by atoms with van der Waals surface area (Å²) in [5.74, 6) is -1.60. The maximum Gasteiger partial charge on any atom is 0.264 e. The third-order valence-electron chi connectivity index (χ3n) is 1.12. The van der Waals surface area contributed by atoms with Crippen molar-refractivity contribution in [3.63, 3.8) is 0 Å². The summed E-state index contributed by atoms with van der Waals surface area (Å²) in [6.45, 7) is 0. The maximum atomic E-state index is 10.9. The summed E-state index contributed by atoms with van der Waals surface area (Å²) in [5.41, 5.74) is 0. The van der Waals surface area contributed by atoms with Crippen molar-refractivity contribution in [3.8, 4) is 0 Å². The van der Waals surface area contributed by atoms with Gasteiger partial charge in [0.25, 0.3) is 5.78 Å². The van der Waals surface area contributed by atoms with Gasteiger partial charge in [-0.1, -0.05) is 0 Å². The predicted molar refractivity (Wildman–Crippen MR) is 38.8 cm³/mol. The molecule has 0 amide bonds. The molecular weight excluding hydrogens is 168 g/mol. The third-order valence-corrected chi connectivity index (χ3v) is 1.36. The molecule has 0 N–H and O–H groups in total. The van der Waals surface area contributed by atoms with E-state index in [0.717, 1.165) is 0 Å². The zero-order chi connectivity index (χ0) is 8.27. The molecule has 1 rings (SSSR count). The highest BCUT2D eigenvalue weighted by molar-refractivity contribution is 6.51. The smallest absolute Gasteiger partial charge is 0.264 e. The van der Waals surface area contributed by atoms with Crippen LogP contribution in [0, 0.1) is 0 Å². The van der Waals surface area contributed by atoms with E-state index >= 15 is 0 Å². The van der Waals surface area contributed by atoms with Gasteiger partial charge in [0.05, 0.1) is 12.1 Å². The van der Waals surface area contributed by atoms with E-state index in [4.69, 9.17) is 11.6 Å². The standard InChI is InChI=1S/C7H5ClO3/c8-4-5(9)7(10)6-2-1-3-11-6/h1-3H,4H2. The fourth-order valence-corrected chi connectivity index (χ4v) is 0.727. The lowest BCUT2D eigenvalue weighted by molar-refractivity contribution is -0.113. The van der Waals surface area contributed by atoms with Gasteiger partial charge in [0, 0.05) is 0 Å². The molecule has 0 unspecified atom stereocenters. The fraction of sp³-hybridized carbons (Fsp3) is 0.143. The average molecular weight is 173 g/mol. The van der Waals surface area contributed by atoms with Crippen molar-refractivity contribution in [1.82, 2.24) is 0 Å². The molecule has 1 heterocycles. The van der Waals surface area contributed by atoms with E-state index in [-0.39, 0.29) is 11.6 Å². The van der Waals surface area contributed by atoms with Crippen LogP contribution in [0.3, 0.4) is 0 Å². The van der Waals surface area contributed by atoms with Gasteiger partial charge in [0.2, 0.25) is 5.78 Å². The molecule has 4 heteroatoms. The summed E-state index contributed by atoms with van der Waals surface area (Å²) in [7, 11) is 0. The summed E-state index contributed by atoms with van der Waals surface area (Å²) in [4.78, 5) is 21.6. The molecule has 0 fully saturated rings. The van der Waals surface area contributed by atoms with Crippen LogP contribution >= 0.6 is 11.6 Å². The quantitative estimate of drug-likeness (QED) is 0.392. The number of hydrogen-bond acceptors (Lipinski definition) is 3. The Morgan fingerprint density at radius 3 is 2.73 bits per heavy atom. The number of rotatable bonds is 3. The van der Waals surface area contributed by atoms with E-state index in [9.17, 15) is 9.59 Å². The monoisotopic (exact) mass is 172 g/mol. The van der Waals surface area contributed by atoms with Crippen LogP contribution in [0.2, 0.25) is 0 Å². The van der Waals surface area contributed by atoms with Gasteiger partial charge in [-0.25, -0.2) is 0 Å². The van der Waals surface area contributed by atoms with Gasteiger partial charge in [-0.2, -0.15) is 0 Å². The lowest BCUT2D eigenvalue weighted by Gasteiger charge is -1.89. The van der Waals surface area contributed by atoms with Crippen LogP contribution < -0.4 is 0 Å². The number of alkyl halides is 1. The number of furan rings is 1. The number of halogens is 1. The van der Waals surface area contributed by atoms with Gasteiger partial charge in [-0.05, 0) is 12.1 Å². The Hall–Kier alpha value is -1.09. The summed E-state index contributed by atoms with van der Waals surface area (Å²) < 4.78 is 4.69. The summed E-state index contributed by atoms with van der Waals surface area (Å²) in [5, 5.41) is 0. The van der Waals surface area contributed by atoms with Crippen LogP contribution in [0.4, 0.5) is 0 Å². The second-order valence-corrected chi connectivity index (χ2v) is 2.13. The molecule has 0 saturated heterocycles. The Kier molecular flexibility index (Phi) is 2.44. The van der Waals surface area contributed by atoms with E-state index in [0.29, 0.717) is 0 Å². The van der Waals surface area contributed by atoms with Crippen LogP contribution in [0.15, 0.2) is 22.8 Å². The minimum absolute atomic E-state index is 0.0376. The van der Waals surface area contributed by atoms with Gasteiger partial charge in [-0.3, -0.25) is 9.59 Å². The second-order valence-electron chi connectivity index (χ2n) is 1.86. The van der Waals surface area contributed by atoms with Crippen LogP contribution in [0.25, 0.3) is 0 Å². The topological polar surface area (TPSA) is 47.3 Å². The number of Topliss-reactive ketones (excluding diaryl/α,β-unsaturated/α-hetero) is 2. The maximum absolute atomic E-state index is 10.9. The molecule has 0 saturated carbocycles. The highest BCUT2D eigenvalue weighted by Gasteiger charge is 2.16. The molecule has 1 aromatic heterocycles. The minimum Gasteiger partial charge on any atom is -0.461 e. The molecular formula is C7H5ClO3. The molecule has 0 radical (unpaired) electrons. The molecule has 0 aliphatic heterocycles. The first-order valence-electron chi connectivity index (χ1n) is 2.92. The Bertz CT molecular complexity index is 263. The fourth-order valence-electron chi connectivity index (χ4n) is 0.606. The van der Waals surface area contributed by atoms with Crippen LogP contribution in [-0.2, 0) is 4.79 Å². The zero-order valence-corrected chi connectivity index (χ0v) is 6.30. The molecule has 3 nitrogen and oxygen atoms in total. The lowest BCUT2D eigenvalue weighted by Crippen LogP contribution is -2.14. The van der Waals surface area contributed by atoms with Crippen LogP contribution in [0.1, 0.15) is 10.6 Å². The van der Waals surface area contributed by atoms with Gasteiger partial charge >= 0.3 is 0 Å². The largest absolute Gasteiger partial charge is 0.461 e. The predicted octanol–water partition coefficient (Wildman–Crippen LogP) is 1.27. The van der Waals surface area contributed by atoms with Gasteiger partial charge in [0.1, 0.15) is 0 Å². The van der Waals surface area contributed by atoms with Gasteiger partial charge in [0.15, 0.2) is 5.76 Å². The van der Waals surface area contributed by atoms with Crippen molar-refractivity contribution >= 4 is 23.2 Å². The van der Waals surface area contributed by atoms with Crippen LogP contribution in [-0.4, -0.2) is 17.4 Å². The Labute approximate surface area is 67.9 Å². The molecule has 58 valence electrons. The molecule has 0 aliphatic rings. The summed E-state index contributed by atoms with van der Waals surface area (Å²) >= 11 is 5.15. The van der Waals surface area contributed by atoms with Crippen molar-refractivity contribution in [1.29, 1.82) is 0 Å². The molecule has 11 heavy (non-hydrogen) atoms. The van der Waals surface area contributed by atoms with Gasteiger partial charge < -0.3 is 4.42 Å². The van der Waals surface area contributed by atoms with Crippen molar-refractivity contribution < 1.29 is 14.0 Å². The minimum atomic E-state index is -0.676. The summed E-state index contributed by atoms with van der Waals surface area (Å²) in [6, 6.07) is 2.96. The number of hydrogen-bond donors (Lipinski definition) is 0. The molecule has 0 aromatic carbocycles. The Morgan fingerprint density at radius 1 is 1.55 bits per heavy atom. The molecule has 1 aromatic rings. The van der Waals surface area contributed by atoms with Crippen molar-refractivity contribution in [3.05, 3.63) is 24.2 Å². The van der Waals surface area contributed by atoms with E-state index in [1.165, 1.54) is 18.4 Å². The normalized spacial score (nSPS) is 9.55. The zero-order valence-electron chi connectivity index (χ0n) is 5.54. The molecule has 0 spiro atoms. The average Bonchev–Trinajstić information content (AvgIpc) is 2.53. The van der Waals surface area contributed by atoms with Crippen LogP contribution in [0.5, 0.6) is 0 Å². The van der Waals surface area contributed by atoms with Crippen molar-refractivity contribution in [2.75, 3.05) is 5.88 Å². The van der Waals surface area contributed by atoms with E-state index in [1.54, 1.807) is 0 Å². The van der Waals surface area contributed by atoms with E-state index in [2.05, 4.69) is 4.42 Å². The first-order chi connectivity index (χ1) is 5.25. The molecule has 0 aliphatic carbocycles. The SMILES string of the molecule is O=C(CCl)C(=O)c1ccco1. The highest BCUT2D eigenvalue weighted by Crippen LogP contribution is 2.02. The van der Waals surface area contributed by atoms with E-state index in [1.807, 2.05) is 0 Å². The first kappa shape index (κ1) is 8.01. The Morgan fingerprint density at radius 2 is 2.27 bits per heavy atom. The first-order valence-corrected chi connectivity index (χ1v) is 3.46. The third kappa shape index (κ3) is 1.68. The van der Waals surface area contributed by atoms with Gasteiger partial charge in [-0.15, -0.1) is 11.6 Å². The lowest BCUT2D eigenvalue weighted by atomic mass is 10.2. The number of carbonyl (C=O) groups excluding carboxylic acids is 2. The summed E-state index contributed by atoms with van der Waals surface area (Å²) in [6.07, 6.45) is 1.33. The molecule has 0 atom stereocenters. The van der Waals surface area contributed by atoms with Crippen molar-refractivity contribution in [2.45, 2.75) is 0 Å². The second kappa shape index (κ2) is 3.34.